The van der Waals surface area contributed by atoms with Crippen LogP contribution in [0.2, 0.25) is 0 Å². The SMILES string of the molecule is Cc1nc(-c2cc(C(=O)N3CCC(c4noc(=O)[nH]4)C3)n(C)c2)cs1. The van der Waals surface area contributed by atoms with Gasteiger partial charge in [0.15, 0.2) is 5.82 Å². The number of carbonyl (C=O) groups is 1. The first kappa shape index (κ1) is 15.8. The van der Waals surface area contributed by atoms with Gasteiger partial charge in [0.05, 0.1) is 10.7 Å². The van der Waals surface area contributed by atoms with E-state index in [1.807, 2.05) is 36.2 Å². The highest BCUT2D eigenvalue weighted by Gasteiger charge is 2.31. The topological polar surface area (TPSA) is 97.0 Å². The Labute approximate surface area is 147 Å². The first-order valence-corrected chi connectivity index (χ1v) is 8.83. The smallest absolute Gasteiger partial charge is 0.346 e. The summed E-state index contributed by atoms with van der Waals surface area (Å²) >= 11 is 1.59. The van der Waals surface area contributed by atoms with Gasteiger partial charge in [0.1, 0.15) is 5.69 Å². The van der Waals surface area contributed by atoms with Crippen molar-refractivity contribution in [3.63, 3.8) is 0 Å². The van der Waals surface area contributed by atoms with Crippen LogP contribution >= 0.6 is 11.3 Å². The quantitative estimate of drug-likeness (QED) is 0.768. The van der Waals surface area contributed by atoms with Crippen molar-refractivity contribution >= 4 is 17.2 Å². The maximum Gasteiger partial charge on any atom is 0.438 e. The molecule has 0 spiro atoms. The number of hydrogen-bond donors (Lipinski definition) is 1. The maximum atomic E-state index is 12.9. The molecule has 0 radical (unpaired) electrons. The van der Waals surface area contributed by atoms with Crippen LogP contribution in [0.3, 0.4) is 0 Å². The zero-order chi connectivity index (χ0) is 17.6. The lowest BCUT2D eigenvalue weighted by atomic mass is 10.1. The van der Waals surface area contributed by atoms with E-state index in [-0.39, 0.29) is 11.8 Å². The summed E-state index contributed by atoms with van der Waals surface area (Å²) < 4.78 is 6.39. The number of aryl methyl sites for hydroxylation is 2. The summed E-state index contributed by atoms with van der Waals surface area (Å²) in [5.74, 6) is -0.0957. The van der Waals surface area contributed by atoms with Gasteiger partial charge in [0.2, 0.25) is 0 Å². The van der Waals surface area contributed by atoms with Gasteiger partial charge in [-0.3, -0.25) is 14.3 Å². The summed E-state index contributed by atoms with van der Waals surface area (Å²) in [5, 5.41) is 6.72. The van der Waals surface area contributed by atoms with Gasteiger partial charge in [-0.15, -0.1) is 11.3 Å². The van der Waals surface area contributed by atoms with E-state index in [0.717, 1.165) is 22.7 Å². The van der Waals surface area contributed by atoms with Crippen molar-refractivity contribution in [2.45, 2.75) is 19.3 Å². The Hall–Kier alpha value is -2.68. The van der Waals surface area contributed by atoms with Gasteiger partial charge in [-0.1, -0.05) is 5.16 Å². The second kappa shape index (κ2) is 5.99. The number of aromatic amines is 1. The zero-order valence-electron chi connectivity index (χ0n) is 13.9. The summed E-state index contributed by atoms with van der Waals surface area (Å²) in [6, 6.07) is 1.88. The second-order valence-electron chi connectivity index (χ2n) is 6.19. The Kier molecular flexibility index (Phi) is 3.79. The molecular weight excluding hydrogens is 342 g/mol. The molecule has 25 heavy (non-hydrogen) atoms. The van der Waals surface area contributed by atoms with E-state index >= 15 is 0 Å². The van der Waals surface area contributed by atoms with Gasteiger partial charge < -0.3 is 9.47 Å². The minimum absolute atomic E-state index is 0.00340. The maximum absolute atomic E-state index is 12.9. The van der Waals surface area contributed by atoms with Gasteiger partial charge in [0, 0.05) is 43.2 Å². The number of hydrogen-bond acceptors (Lipinski definition) is 6. The summed E-state index contributed by atoms with van der Waals surface area (Å²) in [7, 11) is 1.86. The number of likely N-dealkylation sites (tertiary alicyclic amines) is 1. The molecule has 1 fully saturated rings. The highest BCUT2D eigenvalue weighted by atomic mass is 32.1. The predicted molar refractivity (Wildman–Crippen MR) is 91.6 cm³/mol. The van der Waals surface area contributed by atoms with E-state index < -0.39 is 5.76 Å². The van der Waals surface area contributed by atoms with Crippen molar-refractivity contribution in [3.8, 4) is 11.3 Å². The van der Waals surface area contributed by atoms with Crippen molar-refractivity contribution in [1.29, 1.82) is 0 Å². The van der Waals surface area contributed by atoms with E-state index in [1.165, 1.54) is 0 Å². The van der Waals surface area contributed by atoms with Crippen LogP contribution in [0.5, 0.6) is 0 Å². The van der Waals surface area contributed by atoms with E-state index in [2.05, 4.69) is 19.6 Å². The average molecular weight is 359 g/mol. The third kappa shape index (κ3) is 2.91. The minimum atomic E-state index is -0.564. The predicted octanol–water partition coefficient (Wildman–Crippen LogP) is 1.76. The molecule has 0 aliphatic carbocycles. The van der Waals surface area contributed by atoms with E-state index in [4.69, 9.17) is 0 Å². The molecule has 130 valence electrons. The lowest BCUT2D eigenvalue weighted by Crippen LogP contribution is -2.30. The molecule has 1 unspecified atom stereocenters. The number of thiazole rings is 1. The summed E-state index contributed by atoms with van der Waals surface area (Å²) in [4.78, 5) is 32.8. The normalized spacial score (nSPS) is 17.4. The molecule has 1 amide bonds. The molecule has 1 aliphatic heterocycles. The Bertz CT molecular complexity index is 982. The molecule has 1 aliphatic rings. The molecular formula is C16H17N5O3S. The molecule has 0 saturated carbocycles. The van der Waals surface area contributed by atoms with Crippen molar-refractivity contribution in [2.75, 3.05) is 13.1 Å². The molecule has 1 saturated heterocycles. The van der Waals surface area contributed by atoms with Crippen LogP contribution in [-0.2, 0) is 7.05 Å². The number of amides is 1. The summed E-state index contributed by atoms with van der Waals surface area (Å²) in [5.41, 5.74) is 2.44. The molecule has 1 N–H and O–H groups in total. The zero-order valence-corrected chi connectivity index (χ0v) is 14.7. The van der Waals surface area contributed by atoms with Crippen LogP contribution < -0.4 is 5.76 Å². The molecule has 0 aromatic carbocycles. The van der Waals surface area contributed by atoms with E-state index in [0.29, 0.717) is 24.6 Å². The summed E-state index contributed by atoms with van der Waals surface area (Å²) in [6.07, 6.45) is 2.67. The first-order chi connectivity index (χ1) is 12.0. The Balaban J connectivity index is 1.53. The van der Waals surface area contributed by atoms with Crippen LogP contribution in [0, 0.1) is 6.92 Å². The molecule has 3 aromatic rings. The van der Waals surface area contributed by atoms with Gasteiger partial charge >= 0.3 is 5.76 Å². The number of aromatic nitrogens is 4. The Morgan fingerprint density at radius 2 is 2.32 bits per heavy atom. The van der Waals surface area contributed by atoms with Gasteiger partial charge in [-0.05, 0) is 19.4 Å². The highest BCUT2D eigenvalue weighted by molar-refractivity contribution is 7.09. The monoisotopic (exact) mass is 359 g/mol. The molecule has 4 rings (SSSR count). The van der Waals surface area contributed by atoms with Crippen LogP contribution in [0.4, 0.5) is 0 Å². The number of rotatable bonds is 3. The largest absolute Gasteiger partial charge is 0.438 e. The fourth-order valence-electron chi connectivity index (χ4n) is 3.16. The van der Waals surface area contributed by atoms with Gasteiger partial charge in [0.25, 0.3) is 5.91 Å². The summed E-state index contributed by atoms with van der Waals surface area (Å²) in [6.45, 7) is 3.09. The minimum Gasteiger partial charge on any atom is -0.346 e. The average Bonchev–Trinajstić information content (AvgIpc) is 3.33. The van der Waals surface area contributed by atoms with Crippen LogP contribution in [0.1, 0.15) is 33.7 Å². The molecule has 1 atom stereocenters. The standard InChI is InChI=1S/C16H17N5O3S/c1-9-17-12(8-25-9)11-5-13(20(2)6-11)15(22)21-4-3-10(7-21)14-18-16(23)24-19-14/h5-6,8,10H,3-4,7H2,1-2H3,(H,18,19,23). The fourth-order valence-corrected chi connectivity index (χ4v) is 3.78. The number of carbonyl (C=O) groups excluding carboxylic acids is 1. The lowest BCUT2D eigenvalue weighted by molar-refractivity contribution is 0.0781. The van der Waals surface area contributed by atoms with Crippen molar-refractivity contribution in [2.24, 2.45) is 7.05 Å². The van der Waals surface area contributed by atoms with Crippen LogP contribution in [-0.4, -0.2) is 43.6 Å². The first-order valence-electron chi connectivity index (χ1n) is 7.95. The van der Waals surface area contributed by atoms with Crippen molar-refractivity contribution in [3.05, 3.63) is 44.7 Å². The van der Waals surface area contributed by atoms with Gasteiger partial charge in [-0.2, -0.15) is 0 Å². The second-order valence-corrected chi connectivity index (χ2v) is 7.26. The van der Waals surface area contributed by atoms with Crippen LogP contribution in [0.25, 0.3) is 11.3 Å². The third-order valence-electron chi connectivity index (χ3n) is 4.46. The van der Waals surface area contributed by atoms with Crippen molar-refractivity contribution < 1.29 is 9.32 Å². The Morgan fingerprint density at radius 3 is 3.00 bits per heavy atom. The molecule has 0 bridgehead atoms. The Morgan fingerprint density at radius 1 is 1.48 bits per heavy atom. The number of nitrogens with one attached hydrogen (secondary N) is 1. The highest BCUT2D eigenvalue weighted by Crippen LogP contribution is 2.28. The van der Waals surface area contributed by atoms with E-state index in [1.54, 1.807) is 16.2 Å². The number of nitrogens with zero attached hydrogens (tertiary/aromatic N) is 4. The fraction of sp³-hybridized carbons (Fsp3) is 0.375. The molecule has 3 aromatic heterocycles. The lowest BCUT2D eigenvalue weighted by Gasteiger charge is -2.16. The van der Waals surface area contributed by atoms with Crippen molar-refractivity contribution in [1.82, 2.24) is 24.6 Å². The molecule has 9 heteroatoms. The van der Waals surface area contributed by atoms with Crippen LogP contribution in [0.15, 0.2) is 27.0 Å². The van der Waals surface area contributed by atoms with E-state index in [9.17, 15) is 9.59 Å². The number of H-pyrrole nitrogens is 1. The van der Waals surface area contributed by atoms with Gasteiger partial charge in [-0.25, -0.2) is 9.78 Å². The third-order valence-corrected chi connectivity index (χ3v) is 5.23. The molecule has 4 heterocycles. The molecule has 8 nitrogen and oxygen atoms in total.